The Bertz CT molecular complexity index is 208. The molecule has 4 heteroatoms. The third-order valence-corrected chi connectivity index (χ3v) is 1.38. The number of hydrogen-bond donors (Lipinski definition) is 0. The van der Waals surface area contributed by atoms with Crippen molar-refractivity contribution < 1.29 is 65.4 Å². The van der Waals surface area contributed by atoms with Crippen LogP contribution in [0.1, 0.15) is 13.8 Å². The minimum absolute atomic E-state index is 0. The first-order valence-corrected chi connectivity index (χ1v) is 3.80. The van der Waals surface area contributed by atoms with Gasteiger partial charge in [-0.25, -0.2) is 0 Å². The van der Waals surface area contributed by atoms with Crippen LogP contribution < -0.4 is 0 Å². The number of rotatable bonds is 4. The van der Waals surface area contributed by atoms with E-state index in [9.17, 15) is 0 Å². The average Bonchev–Trinajstić information content (AvgIpc) is 2.02. The van der Waals surface area contributed by atoms with Crippen molar-refractivity contribution in [2.75, 3.05) is 20.6 Å². The Morgan fingerprint density at radius 1 is 1.36 bits per heavy atom. The first-order valence-electron chi connectivity index (χ1n) is 3.80. The zero-order valence-corrected chi connectivity index (χ0v) is 15.0. The van der Waals surface area contributed by atoms with Crippen molar-refractivity contribution in [3.63, 3.8) is 0 Å². The quantitative estimate of drug-likeness (QED) is 0.249. The van der Waals surface area contributed by atoms with Crippen molar-refractivity contribution in [2.24, 2.45) is 4.99 Å². The maximum atomic E-state index is 5.68. The van der Waals surface area contributed by atoms with Gasteiger partial charge in [0.25, 0.3) is 0 Å². The monoisotopic (exact) mass is 341 g/mol. The Labute approximate surface area is 138 Å². The number of hydrogen-bond acceptors (Lipinski definition) is 1. The van der Waals surface area contributed by atoms with Crippen LogP contribution in [0.3, 0.4) is 0 Å². The fraction of sp³-hybridized carbons (Fsp3) is 0.500. The fourth-order valence-electron chi connectivity index (χ4n) is 0.541. The summed E-state index contributed by atoms with van der Waals surface area (Å²) in [5.41, 5.74) is 1.70. The van der Waals surface area contributed by atoms with Crippen molar-refractivity contribution in [2.45, 2.75) is 13.8 Å². The first-order chi connectivity index (χ1) is 5.57. The Morgan fingerprint density at radius 2 is 1.86 bits per heavy atom. The van der Waals surface area contributed by atoms with E-state index < -0.39 is 0 Å². The van der Waals surface area contributed by atoms with E-state index in [1.807, 2.05) is 27.9 Å². The Morgan fingerprint density at radius 3 is 2.21 bits per heavy atom. The Balaban J connectivity index is -0.000000605. The summed E-state index contributed by atoms with van der Waals surface area (Å²) in [6, 6.07) is 0. The smallest absolute Gasteiger partial charge is 0 e. The molecule has 0 aromatic carbocycles. The van der Waals surface area contributed by atoms with Crippen molar-refractivity contribution in [1.82, 2.24) is 4.90 Å². The Hall–Kier alpha value is 1.16. The molecular formula is C10H15N2Y2-3. The predicted octanol–water partition coefficient (Wildman–Crippen LogP) is 1.58. The van der Waals surface area contributed by atoms with Gasteiger partial charge in [-0.2, -0.15) is 0 Å². The molecule has 0 aliphatic carbocycles. The molecule has 0 atom stereocenters. The molecule has 0 rings (SSSR count). The van der Waals surface area contributed by atoms with Gasteiger partial charge >= 0.3 is 0 Å². The van der Waals surface area contributed by atoms with Crippen LogP contribution in [0.5, 0.6) is 0 Å². The summed E-state index contributed by atoms with van der Waals surface area (Å²) in [5, 5.41) is 0. The molecule has 0 saturated heterocycles. The van der Waals surface area contributed by atoms with Gasteiger partial charge in [0.15, 0.2) is 0 Å². The van der Waals surface area contributed by atoms with E-state index in [-0.39, 0.29) is 65.4 Å². The molecule has 2 radical (unpaired) electrons. The molecule has 0 aromatic heterocycles. The fourth-order valence-corrected chi connectivity index (χ4v) is 0.541. The second-order valence-electron chi connectivity index (χ2n) is 2.71. The summed E-state index contributed by atoms with van der Waals surface area (Å²) < 4.78 is 0. The molecule has 14 heavy (non-hydrogen) atoms. The topological polar surface area (TPSA) is 15.6 Å². The molecule has 0 spiro atoms. The van der Waals surface area contributed by atoms with Crippen LogP contribution in [0.4, 0.5) is 0 Å². The van der Waals surface area contributed by atoms with Crippen LogP contribution in [0, 0.1) is 12.7 Å². The molecular weight excluding hydrogens is 326 g/mol. The number of nitrogens with zero attached hydrogens (tertiary/aromatic N) is 2. The van der Waals surface area contributed by atoms with E-state index in [1.165, 1.54) is 0 Å². The third-order valence-electron chi connectivity index (χ3n) is 1.38. The molecule has 0 aromatic rings. The Kier molecular flexibility index (Phi) is 18.0. The first kappa shape index (κ1) is 20.6. The molecule has 0 aliphatic heterocycles. The summed E-state index contributed by atoms with van der Waals surface area (Å²) in [7, 11) is 3.74. The second kappa shape index (κ2) is 12.2. The van der Waals surface area contributed by atoms with Crippen molar-refractivity contribution >= 4 is 6.34 Å². The molecule has 0 fully saturated rings. The summed E-state index contributed by atoms with van der Waals surface area (Å²) in [6.45, 7) is 9.92. The third kappa shape index (κ3) is 11.2. The van der Waals surface area contributed by atoms with Crippen LogP contribution in [-0.4, -0.2) is 31.9 Å². The molecule has 0 heterocycles. The summed E-state index contributed by atoms with van der Waals surface area (Å²) >= 11 is 0. The number of allylic oxidation sites excluding steroid dienone is 1. The van der Waals surface area contributed by atoms with Gasteiger partial charge < -0.3 is 40.0 Å². The van der Waals surface area contributed by atoms with E-state index in [4.69, 9.17) is 6.58 Å². The molecule has 0 saturated carbocycles. The van der Waals surface area contributed by atoms with Crippen LogP contribution in [0.15, 0.2) is 16.1 Å². The second-order valence-corrected chi connectivity index (χ2v) is 2.71. The zero-order chi connectivity index (χ0) is 9.56. The molecule has 0 unspecified atom stereocenters. The van der Waals surface area contributed by atoms with E-state index in [1.54, 1.807) is 4.90 Å². The van der Waals surface area contributed by atoms with Gasteiger partial charge in [-0.1, -0.05) is 6.54 Å². The van der Waals surface area contributed by atoms with Crippen LogP contribution in [0.25, 0.3) is 0 Å². The van der Waals surface area contributed by atoms with Crippen LogP contribution >= 0.6 is 0 Å². The minimum Gasteiger partial charge on any atom is -0.542 e. The molecule has 0 amide bonds. The molecule has 0 aliphatic rings. The molecule has 0 bridgehead atoms. The predicted molar refractivity (Wildman–Crippen MR) is 51.9 cm³/mol. The van der Waals surface area contributed by atoms with Crippen LogP contribution in [0.2, 0.25) is 0 Å². The van der Waals surface area contributed by atoms with E-state index in [2.05, 4.69) is 17.4 Å². The van der Waals surface area contributed by atoms with Gasteiger partial charge in [-0.15, -0.1) is 13.8 Å². The van der Waals surface area contributed by atoms with E-state index in [0.29, 0.717) is 6.54 Å². The normalized spacial score (nSPS) is 10.4. The van der Waals surface area contributed by atoms with Gasteiger partial charge in [-0.3, -0.25) is 0 Å². The van der Waals surface area contributed by atoms with Gasteiger partial charge in [-0.05, 0) is 14.1 Å². The van der Waals surface area contributed by atoms with E-state index in [0.717, 1.165) is 11.1 Å². The van der Waals surface area contributed by atoms with Gasteiger partial charge in [0.1, 0.15) is 0 Å². The SMILES string of the molecule is [CH-]=C(CN=[C-]N(C)C)C(C)=[C-]C.[Y].[Y]. The van der Waals surface area contributed by atoms with Gasteiger partial charge in [0.05, 0.1) is 0 Å². The molecule has 0 N–H and O–H groups in total. The minimum atomic E-state index is 0. The summed E-state index contributed by atoms with van der Waals surface area (Å²) in [6.07, 6.45) is 5.73. The summed E-state index contributed by atoms with van der Waals surface area (Å²) in [4.78, 5) is 5.74. The number of aliphatic imine (C=N–C) groups is 1. The van der Waals surface area contributed by atoms with Crippen molar-refractivity contribution in [3.8, 4) is 0 Å². The van der Waals surface area contributed by atoms with Crippen LogP contribution in [-0.2, 0) is 65.4 Å². The van der Waals surface area contributed by atoms with Crippen molar-refractivity contribution in [1.29, 1.82) is 0 Å². The maximum Gasteiger partial charge on any atom is 0 e. The van der Waals surface area contributed by atoms with E-state index >= 15 is 0 Å². The maximum absolute atomic E-state index is 5.68. The van der Waals surface area contributed by atoms with Crippen molar-refractivity contribution in [3.05, 3.63) is 23.8 Å². The average molecular weight is 341 g/mol. The molecule has 74 valence electrons. The summed E-state index contributed by atoms with van der Waals surface area (Å²) in [5.74, 6) is 0. The largest absolute Gasteiger partial charge is 0.542 e. The zero-order valence-electron chi connectivity index (χ0n) is 9.33. The van der Waals surface area contributed by atoms with Gasteiger partial charge in [0.2, 0.25) is 0 Å². The molecule has 2 nitrogen and oxygen atoms in total. The van der Waals surface area contributed by atoms with Gasteiger partial charge in [0, 0.05) is 65.4 Å². The standard InChI is InChI=1S/C10H15N2.2Y/c1-6-9(2)10(3)7-11-8-12(4)5;;/h3H,7H2,1-2,4-5H3;;/q-3;;.